The Hall–Kier alpha value is -0.470. The Morgan fingerprint density at radius 2 is 1.91 bits per heavy atom. The van der Waals surface area contributed by atoms with E-state index in [1.807, 2.05) is 0 Å². The lowest BCUT2D eigenvalue weighted by Gasteiger charge is -2.31. The van der Waals surface area contributed by atoms with Gasteiger partial charge in [0.15, 0.2) is 0 Å². The maximum absolute atomic E-state index is 12.2. The molecule has 0 amide bonds. The van der Waals surface area contributed by atoms with Gasteiger partial charge in [0.05, 0.1) is 11.5 Å². The van der Waals surface area contributed by atoms with Crippen LogP contribution >= 0.6 is 15.9 Å². The lowest BCUT2D eigenvalue weighted by Crippen LogP contribution is -2.39. The number of piperidine rings is 1. The van der Waals surface area contributed by atoms with Crippen LogP contribution in [-0.2, 0) is 14.8 Å². The molecule has 0 bridgehead atoms. The Kier molecular flexibility index (Phi) is 6.83. The third-order valence-electron chi connectivity index (χ3n) is 4.00. The van der Waals surface area contributed by atoms with Crippen LogP contribution in [0.4, 0.5) is 0 Å². The summed E-state index contributed by atoms with van der Waals surface area (Å²) >= 11 is 3.31. The normalized spacial score (nSPS) is 17.7. The molecule has 1 saturated heterocycles. The minimum absolute atomic E-state index is 0.313. The first kappa shape index (κ1) is 17.9. The second-order valence-corrected chi connectivity index (χ2v) is 8.27. The number of hydrogen-bond acceptors (Lipinski definition) is 4. The van der Waals surface area contributed by atoms with Gasteiger partial charge in [-0.2, -0.15) is 0 Å². The van der Waals surface area contributed by atoms with Gasteiger partial charge in [0.1, 0.15) is 0 Å². The summed E-state index contributed by atoms with van der Waals surface area (Å²) < 4.78 is 33.2. The van der Waals surface area contributed by atoms with Crippen molar-refractivity contribution in [2.75, 3.05) is 39.9 Å². The van der Waals surface area contributed by atoms with E-state index in [0.29, 0.717) is 17.4 Å². The third kappa shape index (κ3) is 5.31. The smallest absolute Gasteiger partial charge is 0.240 e. The van der Waals surface area contributed by atoms with E-state index in [1.165, 1.54) is 0 Å². The van der Waals surface area contributed by atoms with Crippen LogP contribution in [0.3, 0.4) is 0 Å². The van der Waals surface area contributed by atoms with Crippen LogP contribution in [0, 0.1) is 5.92 Å². The molecule has 0 unspecified atom stereocenters. The minimum Gasteiger partial charge on any atom is -0.383 e. The van der Waals surface area contributed by atoms with Crippen LogP contribution in [0.15, 0.2) is 33.6 Å². The lowest BCUT2D eigenvalue weighted by atomic mass is 9.97. The molecule has 124 valence electrons. The first-order valence-electron chi connectivity index (χ1n) is 7.48. The maximum Gasteiger partial charge on any atom is 0.240 e. The number of likely N-dealkylation sites (tertiary alicyclic amines) is 1. The van der Waals surface area contributed by atoms with E-state index in [2.05, 4.69) is 25.6 Å². The highest BCUT2D eigenvalue weighted by Crippen LogP contribution is 2.18. The van der Waals surface area contributed by atoms with Gasteiger partial charge in [-0.05, 0) is 56.1 Å². The summed E-state index contributed by atoms with van der Waals surface area (Å²) in [5.41, 5.74) is 0. The van der Waals surface area contributed by atoms with Crippen LogP contribution in [0.25, 0.3) is 0 Å². The largest absolute Gasteiger partial charge is 0.383 e. The number of nitrogens with zero attached hydrogens (tertiary/aromatic N) is 1. The van der Waals surface area contributed by atoms with Crippen molar-refractivity contribution in [3.05, 3.63) is 28.7 Å². The predicted molar refractivity (Wildman–Crippen MR) is 90.4 cm³/mol. The Labute approximate surface area is 141 Å². The average molecular weight is 391 g/mol. The van der Waals surface area contributed by atoms with Crippen molar-refractivity contribution in [2.24, 2.45) is 5.92 Å². The summed E-state index contributed by atoms with van der Waals surface area (Å²) in [5.74, 6) is 0.406. The predicted octanol–water partition coefficient (Wildman–Crippen LogP) is 2.09. The molecule has 0 aromatic heterocycles. The van der Waals surface area contributed by atoms with Crippen LogP contribution in [0.2, 0.25) is 0 Å². The molecular weight excluding hydrogens is 368 g/mol. The van der Waals surface area contributed by atoms with E-state index < -0.39 is 10.0 Å². The molecule has 22 heavy (non-hydrogen) atoms. The standard InChI is InChI=1S/C15H23BrN2O3S/c1-21-11-10-18-8-6-13(7-9-18)12-17-22(19,20)15-4-2-14(16)3-5-15/h2-5,13,17H,6-12H2,1H3. The van der Waals surface area contributed by atoms with Gasteiger partial charge in [0.25, 0.3) is 0 Å². The van der Waals surface area contributed by atoms with Crippen LogP contribution in [-0.4, -0.2) is 53.2 Å². The highest BCUT2D eigenvalue weighted by atomic mass is 79.9. The van der Waals surface area contributed by atoms with Gasteiger partial charge in [-0.3, -0.25) is 0 Å². The summed E-state index contributed by atoms with van der Waals surface area (Å²) in [5, 5.41) is 0. The van der Waals surface area contributed by atoms with E-state index >= 15 is 0 Å². The van der Waals surface area contributed by atoms with Gasteiger partial charge in [0, 0.05) is 24.7 Å². The average Bonchev–Trinajstić information content (AvgIpc) is 2.52. The number of benzene rings is 1. The number of halogens is 1. The third-order valence-corrected chi connectivity index (χ3v) is 5.97. The number of nitrogens with one attached hydrogen (secondary N) is 1. The summed E-state index contributed by atoms with van der Waals surface area (Å²) in [6.07, 6.45) is 2.04. The topological polar surface area (TPSA) is 58.6 Å². The molecular formula is C15H23BrN2O3S. The SMILES string of the molecule is COCCN1CCC(CNS(=O)(=O)c2ccc(Br)cc2)CC1. The van der Waals surface area contributed by atoms with Crippen molar-refractivity contribution in [2.45, 2.75) is 17.7 Å². The van der Waals surface area contributed by atoms with Crippen molar-refractivity contribution < 1.29 is 13.2 Å². The minimum atomic E-state index is -3.41. The molecule has 5 nitrogen and oxygen atoms in total. The fraction of sp³-hybridized carbons (Fsp3) is 0.600. The summed E-state index contributed by atoms with van der Waals surface area (Å²) in [7, 11) is -1.70. The van der Waals surface area contributed by atoms with Gasteiger partial charge in [-0.15, -0.1) is 0 Å². The number of methoxy groups -OCH3 is 1. The molecule has 2 rings (SSSR count). The molecule has 1 aromatic rings. The molecule has 1 aliphatic heterocycles. The van der Waals surface area contributed by atoms with Crippen molar-refractivity contribution in [3.63, 3.8) is 0 Å². The molecule has 0 atom stereocenters. The highest BCUT2D eigenvalue weighted by molar-refractivity contribution is 9.10. The fourth-order valence-corrected chi connectivity index (χ4v) is 3.94. The Morgan fingerprint density at radius 1 is 1.27 bits per heavy atom. The molecule has 0 spiro atoms. The summed E-state index contributed by atoms with van der Waals surface area (Å²) in [4.78, 5) is 2.68. The number of ether oxygens (including phenoxy) is 1. The quantitative estimate of drug-likeness (QED) is 0.774. The molecule has 7 heteroatoms. The van der Waals surface area contributed by atoms with E-state index in [1.54, 1.807) is 31.4 Å². The van der Waals surface area contributed by atoms with Gasteiger partial charge < -0.3 is 9.64 Å². The van der Waals surface area contributed by atoms with Gasteiger partial charge in [-0.1, -0.05) is 15.9 Å². The van der Waals surface area contributed by atoms with Crippen molar-refractivity contribution in [1.29, 1.82) is 0 Å². The van der Waals surface area contributed by atoms with Crippen LogP contribution in [0.1, 0.15) is 12.8 Å². The van der Waals surface area contributed by atoms with E-state index in [4.69, 9.17) is 4.74 Å². The zero-order valence-corrected chi connectivity index (χ0v) is 15.2. The van der Waals surface area contributed by atoms with Gasteiger partial charge >= 0.3 is 0 Å². The highest BCUT2D eigenvalue weighted by Gasteiger charge is 2.21. The molecule has 0 aliphatic carbocycles. The zero-order valence-electron chi connectivity index (χ0n) is 12.8. The van der Waals surface area contributed by atoms with Crippen LogP contribution < -0.4 is 4.72 Å². The second kappa shape index (κ2) is 8.40. The second-order valence-electron chi connectivity index (χ2n) is 5.58. The number of rotatable bonds is 7. The summed E-state index contributed by atoms with van der Waals surface area (Å²) in [6, 6.07) is 6.70. The van der Waals surface area contributed by atoms with Crippen molar-refractivity contribution >= 4 is 26.0 Å². The first-order valence-corrected chi connectivity index (χ1v) is 9.75. The molecule has 1 aromatic carbocycles. The van der Waals surface area contributed by atoms with E-state index in [0.717, 1.165) is 43.6 Å². The van der Waals surface area contributed by atoms with Crippen molar-refractivity contribution in [3.8, 4) is 0 Å². The first-order chi connectivity index (χ1) is 10.5. The van der Waals surface area contributed by atoms with E-state index in [-0.39, 0.29) is 0 Å². The molecule has 0 radical (unpaired) electrons. The van der Waals surface area contributed by atoms with E-state index in [9.17, 15) is 8.42 Å². The molecule has 1 N–H and O–H groups in total. The number of hydrogen-bond donors (Lipinski definition) is 1. The molecule has 0 saturated carbocycles. The van der Waals surface area contributed by atoms with Crippen molar-refractivity contribution in [1.82, 2.24) is 9.62 Å². The monoisotopic (exact) mass is 390 g/mol. The Morgan fingerprint density at radius 3 is 2.50 bits per heavy atom. The summed E-state index contributed by atoms with van der Waals surface area (Å²) in [6.45, 7) is 4.23. The Bertz CT molecular complexity index is 555. The zero-order chi connectivity index (χ0) is 16.0. The molecule has 1 aliphatic rings. The van der Waals surface area contributed by atoms with Crippen LogP contribution in [0.5, 0.6) is 0 Å². The van der Waals surface area contributed by atoms with Gasteiger partial charge in [-0.25, -0.2) is 13.1 Å². The molecule has 1 heterocycles. The van der Waals surface area contributed by atoms with Gasteiger partial charge in [0.2, 0.25) is 10.0 Å². The fourth-order valence-electron chi connectivity index (χ4n) is 2.56. The maximum atomic E-state index is 12.2. The Balaban J connectivity index is 1.79. The molecule has 1 fully saturated rings. The number of sulfonamides is 1. The lowest BCUT2D eigenvalue weighted by molar-refractivity contribution is 0.121.